The number of nitrogens with zero attached hydrogens (tertiary/aromatic N) is 5. The fourth-order valence-electron chi connectivity index (χ4n) is 3.18. The van der Waals surface area contributed by atoms with Crippen molar-refractivity contribution in [3.63, 3.8) is 0 Å². The number of imidazole rings is 1. The molecule has 1 aromatic heterocycles. The number of hydrogen-bond donors (Lipinski definition) is 2. The molecule has 37 heavy (non-hydrogen) atoms. The number of amides is 1. The molecule has 0 unspecified atom stereocenters. The molecule has 3 rings (SSSR count). The maximum atomic E-state index is 12.1. The van der Waals surface area contributed by atoms with Crippen LogP contribution in [0.1, 0.15) is 17.9 Å². The third-order valence-corrected chi connectivity index (χ3v) is 5.19. The van der Waals surface area contributed by atoms with Gasteiger partial charge in [0.15, 0.2) is 0 Å². The van der Waals surface area contributed by atoms with Crippen LogP contribution in [0.15, 0.2) is 6.20 Å². The van der Waals surface area contributed by atoms with Gasteiger partial charge >= 0.3 is 24.3 Å². The summed E-state index contributed by atoms with van der Waals surface area (Å²) in [7, 11) is 3.79. The van der Waals surface area contributed by atoms with Crippen molar-refractivity contribution in [3.8, 4) is 0 Å². The normalized spacial score (nSPS) is 16.6. The molecule has 0 saturated carbocycles. The largest absolute Gasteiger partial charge is 0.490 e. The van der Waals surface area contributed by atoms with E-state index in [0.29, 0.717) is 19.6 Å². The molecule has 1 aromatic rings. The van der Waals surface area contributed by atoms with Gasteiger partial charge in [0.2, 0.25) is 5.91 Å². The topological polar surface area (TPSA) is 128 Å². The third-order valence-electron chi connectivity index (χ3n) is 5.19. The van der Waals surface area contributed by atoms with Crippen LogP contribution in [0.4, 0.5) is 26.3 Å². The van der Waals surface area contributed by atoms with Crippen molar-refractivity contribution in [1.82, 2.24) is 24.3 Å². The standard InChI is InChI=1S/C16H27N5O2.2C2HF3O2/c1-18-4-6-19(7-5-18)11-14-12-20-8-9-21(13-15(20)17-14)16(22)3-10-23-2;2*3-2(4,5)1(6)7/h12H,3-11,13H2,1-2H3;2*(H,6,7). The molecule has 2 aliphatic heterocycles. The zero-order valence-electron chi connectivity index (χ0n) is 20.2. The molecule has 2 N–H and O–H groups in total. The van der Waals surface area contributed by atoms with Crippen molar-refractivity contribution in [1.29, 1.82) is 0 Å². The second-order valence-corrected chi connectivity index (χ2v) is 8.09. The van der Waals surface area contributed by atoms with Crippen molar-refractivity contribution in [2.45, 2.75) is 38.4 Å². The molecule has 0 aromatic carbocycles. The summed E-state index contributed by atoms with van der Waals surface area (Å²) in [6.07, 6.45) is -7.56. The van der Waals surface area contributed by atoms with Gasteiger partial charge in [-0.1, -0.05) is 0 Å². The van der Waals surface area contributed by atoms with Gasteiger partial charge in [-0.05, 0) is 7.05 Å². The van der Waals surface area contributed by atoms with Crippen molar-refractivity contribution in [3.05, 3.63) is 17.7 Å². The zero-order valence-corrected chi connectivity index (χ0v) is 20.2. The molecule has 2 aliphatic rings. The van der Waals surface area contributed by atoms with E-state index in [2.05, 4.69) is 27.6 Å². The molecule has 17 heteroatoms. The second-order valence-electron chi connectivity index (χ2n) is 8.09. The Morgan fingerprint density at radius 2 is 1.46 bits per heavy atom. The lowest BCUT2D eigenvalue weighted by atomic mass is 10.3. The Morgan fingerprint density at radius 1 is 0.946 bits per heavy atom. The average molecular weight is 549 g/mol. The van der Waals surface area contributed by atoms with Crippen LogP contribution in [0.25, 0.3) is 0 Å². The van der Waals surface area contributed by atoms with Crippen LogP contribution in [0.5, 0.6) is 0 Å². The highest BCUT2D eigenvalue weighted by molar-refractivity contribution is 5.76. The number of halogens is 6. The van der Waals surface area contributed by atoms with Gasteiger partial charge < -0.3 is 29.3 Å². The minimum absolute atomic E-state index is 0.154. The number of rotatable bonds is 5. The molecule has 0 atom stereocenters. The van der Waals surface area contributed by atoms with Crippen LogP contribution in [0.3, 0.4) is 0 Å². The Kier molecular flexibility index (Phi) is 12.3. The lowest BCUT2D eigenvalue weighted by Crippen LogP contribution is -2.43. The third kappa shape index (κ3) is 11.8. The Labute approximate surface area is 208 Å². The van der Waals surface area contributed by atoms with E-state index in [1.165, 1.54) is 0 Å². The highest BCUT2D eigenvalue weighted by atomic mass is 19.4. The quantitative estimate of drug-likeness (QED) is 0.522. The number of carboxylic acid groups (broad SMARTS) is 2. The number of hydrogen-bond acceptors (Lipinski definition) is 7. The molecule has 0 aliphatic carbocycles. The summed E-state index contributed by atoms with van der Waals surface area (Å²) in [6.45, 7) is 8.05. The predicted octanol–water partition coefficient (Wildman–Crippen LogP) is 1.28. The molecule has 0 bridgehead atoms. The van der Waals surface area contributed by atoms with Crippen LogP contribution in [-0.4, -0.2) is 118 Å². The Morgan fingerprint density at radius 3 is 1.92 bits per heavy atom. The van der Waals surface area contributed by atoms with E-state index in [1.54, 1.807) is 7.11 Å². The van der Waals surface area contributed by atoms with E-state index in [1.807, 2.05) is 4.90 Å². The number of aromatic nitrogens is 2. The number of alkyl halides is 6. The summed E-state index contributed by atoms with van der Waals surface area (Å²) in [5.74, 6) is -4.35. The summed E-state index contributed by atoms with van der Waals surface area (Å²) < 4.78 is 70.7. The summed E-state index contributed by atoms with van der Waals surface area (Å²) in [6, 6.07) is 0. The molecule has 0 radical (unpaired) electrons. The highest BCUT2D eigenvalue weighted by Gasteiger charge is 2.38. The zero-order chi connectivity index (χ0) is 28.4. The molecule has 1 amide bonds. The van der Waals surface area contributed by atoms with Crippen LogP contribution in [-0.2, 0) is 38.8 Å². The van der Waals surface area contributed by atoms with E-state index < -0.39 is 24.3 Å². The predicted molar refractivity (Wildman–Crippen MR) is 114 cm³/mol. The van der Waals surface area contributed by atoms with Crippen LogP contribution >= 0.6 is 0 Å². The van der Waals surface area contributed by atoms with Gasteiger partial charge in [-0.25, -0.2) is 14.6 Å². The minimum atomic E-state index is -5.08. The monoisotopic (exact) mass is 549 g/mol. The van der Waals surface area contributed by atoms with E-state index in [-0.39, 0.29) is 5.91 Å². The number of carbonyl (C=O) groups excluding carboxylic acids is 1. The molecular formula is C20H29F6N5O6. The van der Waals surface area contributed by atoms with Gasteiger partial charge in [0, 0.05) is 59.1 Å². The van der Waals surface area contributed by atoms with Gasteiger partial charge in [-0.2, -0.15) is 26.3 Å². The summed E-state index contributed by atoms with van der Waals surface area (Å²) >= 11 is 0. The summed E-state index contributed by atoms with van der Waals surface area (Å²) in [4.78, 5) is 41.4. The minimum Gasteiger partial charge on any atom is -0.475 e. The first-order valence-corrected chi connectivity index (χ1v) is 10.9. The smallest absolute Gasteiger partial charge is 0.475 e. The van der Waals surface area contributed by atoms with E-state index in [0.717, 1.165) is 57.3 Å². The number of methoxy groups -OCH3 is 1. The van der Waals surface area contributed by atoms with Gasteiger partial charge in [-0.15, -0.1) is 0 Å². The first-order valence-electron chi connectivity index (χ1n) is 10.9. The molecule has 0 spiro atoms. The number of fused-ring (bicyclic) bond motifs is 1. The SMILES string of the molecule is COCCC(=O)N1CCn2cc(CN3CCN(C)CC3)nc2C1.O=C(O)C(F)(F)F.O=C(O)C(F)(F)F. The van der Waals surface area contributed by atoms with E-state index in [4.69, 9.17) is 29.5 Å². The van der Waals surface area contributed by atoms with Gasteiger partial charge in [0.05, 0.1) is 25.3 Å². The fourth-order valence-corrected chi connectivity index (χ4v) is 3.18. The maximum Gasteiger partial charge on any atom is 0.490 e. The lowest BCUT2D eigenvalue weighted by Gasteiger charge is -2.31. The summed E-state index contributed by atoms with van der Waals surface area (Å²) in [5.41, 5.74) is 1.12. The number of piperazine rings is 1. The Bertz CT molecular complexity index is 875. The number of carbonyl (C=O) groups is 3. The first-order chi connectivity index (χ1) is 17.0. The van der Waals surface area contributed by atoms with Crippen LogP contribution in [0, 0.1) is 0 Å². The number of aliphatic carboxylic acids is 2. The van der Waals surface area contributed by atoms with E-state index >= 15 is 0 Å². The van der Waals surface area contributed by atoms with Crippen molar-refractivity contribution in [2.24, 2.45) is 0 Å². The fraction of sp³-hybridized carbons (Fsp3) is 0.700. The van der Waals surface area contributed by atoms with E-state index in [9.17, 15) is 31.1 Å². The summed E-state index contributed by atoms with van der Waals surface area (Å²) in [5, 5.41) is 14.2. The van der Waals surface area contributed by atoms with Crippen molar-refractivity contribution < 1.29 is 55.7 Å². The molecular weight excluding hydrogens is 520 g/mol. The molecule has 1 saturated heterocycles. The number of carboxylic acids is 2. The van der Waals surface area contributed by atoms with Crippen molar-refractivity contribution >= 4 is 17.8 Å². The van der Waals surface area contributed by atoms with Crippen LogP contribution in [0.2, 0.25) is 0 Å². The molecule has 212 valence electrons. The highest BCUT2D eigenvalue weighted by Crippen LogP contribution is 2.16. The molecule has 11 nitrogen and oxygen atoms in total. The average Bonchev–Trinajstić information content (AvgIpc) is 3.20. The van der Waals surface area contributed by atoms with Gasteiger partial charge in [-0.3, -0.25) is 9.69 Å². The van der Waals surface area contributed by atoms with Gasteiger partial charge in [0.1, 0.15) is 5.82 Å². The second kappa shape index (κ2) is 14.1. The lowest BCUT2D eigenvalue weighted by molar-refractivity contribution is -0.193. The first kappa shape index (κ1) is 32.1. The maximum absolute atomic E-state index is 12.1. The van der Waals surface area contributed by atoms with Crippen LogP contribution < -0.4 is 0 Å². The number of likely N-dealkylation sites (N-methyl/N-ethyl adjacent to an activating group) is 1. The molecule has 3 heterocycles. The van der Waals surface area contributed by atoms with Crippen molar-refractivity contribution in [2.75, 3.05) is 53.5 Å². The number of ether oxygens (including phenoxy) is 1. The Balaban J connectivity index is 0.000000404. The van der Waals surface area contributed by atoms with Gasteiger partial charge in [0.25, 0.3) is 0 Å². The molecule has 1 fully saturated rings. The Hall–Kier alpha value is -2.92.